The Kier molecular flexibility index (Phi) is 12.6. The Morgan fingerprint density at radius 2 is 1.49 bits per heavy atom. The predicted molar refractivity (Wildman–Crippen MR) is 187 cm³/mol. The Bertz CT molecular complexity index is 1730. The van der Waals surface area contributed by atoms with E-state index in [1.807, 2.05) is 82.3 Å². The van der Waals surface area contributed by atoms with Crippen LogP contribution in [0.4, 0.5) is 5.69 Å². The number of aryl methyl sites for hydroxylation is 2. The summed E-state index contributed by atoms with van der Waals surface area (Å²) in [6, 6.07) is 29.7. The maximum Gasteiger partial charge on any atom is 0.264 e. The van der Waals surface area contributed by atoms with Gasteiger partial charge in [0, 0.05) is 19.5 Å². The molecule has 4 rings (SSSR count). The zero-order valence-electron chi connectivity index (χ0n) is 27.7. The van der Waals surface area contributed by atoms with Gasteiger partial charge in [-0.2, -0.15) is 0 Å². The van der Waals surface area contributed by atoms with E-state index in [1.165, 1.54) is 17.0 Å². The number of carbonyl (C=O) groups is 2. The number of unbranched alkanes of at least 4 members (excludes halogenated alkanes) is 1. The highest BCUT2D eigenvalue weighted by Gasteiger charge is 2.35. The SMILES string of the molecule is CCCCNC(=O)[C@@H](Cc1ccccc1)N(Cc1ccccc1C)C(=O)CN(c1ccccc1OCC)S(=O)(=O)c1ccc(C)cc1. The second kappa shape index (κ2) is 16.8. The van der Waals surface area contributed by atoms with Gasteiger partial charge in [-0.05, 0) is 68.1 Å². The van der Waals surface area contributed by atoms with E-state index in [0.29, 0.717) is 18.9 Å². The van der Waals surface area contributed by atoms with Crippen molar-refractivity contribution in [3.8, 4) is 5.75 Å². The molecule has 47 heavy (non-hydrogen) atoms. The number of ether oxygens (including phenoxy) is 1. The third kappa shape index (κ3) is 9.23. The molecule has 0 unspecified atom stereocenters. The molecule has 0 aromatic heterocycles. The third-order valence-electron chi connectivity index (χ3n) is 8.02. The highest BCUT2D eigenvalue weighted by Crippen LogP contribution is 2.33. The first-order valence-corrected chi connectivity index (χ1v) is 17.6. The molecule has 1 atom stereocenters. The average molecular weight is 656 g/mol. The minimum atomic E-state index is -4.24. The first-order valence-electron chi connectivity index (χ1n) is 16.1. The van der Waals surface area contributed by atoms with Crippen LogP contribution in [-0.2, 0) is 32.6 Å². The number of benzene rings is 4. The number of rotatable bonds is 16. The van der Waals surface area contributed by atoms with Crippen molar-refractivity contribution in [2.45, 2.75) is 64.4 Å². The molecule has 0 aliphatic carbocycles. The van der Waals surface area contributed by atoms with Crippen molar-refractivity contribution in [2.75, 3.05) is 24.0 Å². The molecule has 0 saturated heterocycles. The van der Waals surface area contributed by atoms with Gasteiger partial charge in [0.25, 0.3) is 10.0 Å². The van der Waals surface area contributed by atoms with Gasteiger partial charge in [-0.25, -0.2) is 8.42 Å². The topological polar surface area (TPSA) is 96.0 Å². The molecular weight excluding hydrogens is 611 g/mol. The lowest BCUT2D eigenvalue weighted by Crippen LogP contribution is -2.53. The van der Waals surface area contributed by atoms with Crippen molar-refractivity contribution in [3.63, 3.8) is 0 Å². The van der Waals surface area contributed by atoms with E-state index in [9.17, 15) is 18.0 Å². The zero-order valence-corrected chi connectivity index (χ0v) is 28.5. The van der Waals surface area contributed by atoms with Gasteiger partial charge in [0.15, 0.2) is 0 Å². The zero-order chi connectivity index (χ0) is 33.8. The monoisotopic (exact) mass is 655 g/mol. The van der Waals surface area contributed by atoms with E-state index >= 15 is 0 Å². The molecule has 2 amide bonds. The van der Waals surface area contributed by atoms with Crippen molar-refractivity contribution in [2.24, 2.45) is 0 Å². The molecule has 4 aromatic carbocycles. The molecule has 0 radical (unpaired) electrons. The predicted octanol–water partition coefficient (Wildman–Crippen LogP) is 6.45. The summed E-state index contributed by atoms with van der Waals surface area (Å²) in [5.41, 5.74) is 3.86. The number of carbonyl (C=O) groups excluding carboxylic acids is 2. The Balaban J connectivity index is 1.83. The number of hydrogen-bond donors (Lipinski definition) is 1. The van der Waals surface area contributed by atoms with E-state index in [0.717, 1.165) is 39.4 Å². The van der Waals surface area contributed by atoms with Crippen LogP contribution in [0.3, 0.4) is 0 Å². The Labute approximate surface area is 279 Å². The summed E-state index contributed by atoms with van der Waals surface area (Å²) in [7, 11) is -4.24. The molecule has 4 aromatic rings. The van der Waals surface area contributed by atoms with Crippen LogP contribution in [0.1, 0.15) is 48.9 Å². The van der Waals surface area contributed by atoms with Gasteiger partial charge in [0.05, 0.1) is 17.2 Å². The van der Waals surface area contributed by atoms with Gasteiger partial charge >= 0.3 is 0 Å². The number of amides is 2. The largest absolute Gasteiger partial charge is 0.492 e. The number of para-hydroxylation sites is 2. The van der Waals surface area contributed by atoms with E-state index in [4.69, 9.17) is 4.74 Å². The molecule has 0 aliphatic heterocycles. The standard InChI is InChI=1S/C38H45N3O5S/c1-5-7-25-39-38(43)35(26-31-16-9-8-10-17-31)40(27-32-18-12-11-15-30(32)4)37(42)28-41(34-19-13-14-20-36(34)46-6-2)47(44,45)33-23-21-29(3)22-24-33/h8-24,35H,5-7,25-28H2,1-4H3,(H,39,43)/t35-/m1/s1. The minimum Gasteiger partial charge on any atom is -0.492 e. The van der Waals surface area contributed by atoms with Crippen LogP contribution in [0.25, 0.3) is 0 Å². The summed E-state index contributed by atoms with van der Waals surface area (Å²) in [5, 5.41) is 3.03. The van der Waals surface area contributed by atoms with E-state index in [1.54, 1.807) is 36.4 Å². The van der Waals surface area contributed by atoms with E-state index in [2.05, 4.69) is 5.32 Å². The highest BCUT2D eigenvalue weighted by atomic mass is 32.2. The lowest BCUT2D eigenvalue weighted by molar-refractivity contribution is -0.140. The number of sulfonamides is 1. The van der Waals surface area contributed by atoms with Gasteiger partial charge in [0.1, 0.15) is 18.3 Å². The average Bonchev–Trinajstić information content (AvgIpc) is 3.07. The molecule has 0 heterocycles. The highest BCUT2D eigenvalue weighted by molar-refractivity contribution is 7.92. The Hall–Kier alpha value is -4.63. The van der Waals surface area contributed by atoms with Crippen LogP contribution >= 0.6 is 0 Å². The number of nitrogens with zero attached hydrogens (tertiary/aromatic N) is 2. The summed E-state index contributed by atoms with van der Waals surface area (Å²) in [6.07, 6.45) is 1.96. The molecule has 0 aliphatic rings. The molecule has 0 bridgehead atoms. The summed E-state index contributed by atoms with van der Waals surface area (Å²) in [6.45, 7) is 8.06. The molecular formula is C38H45N3O5S. The Morgan fingerprint density at radius 1 is 0.830 bits per heavy atom. The second-order valence-electron chi connectivity index (χ2n) is 11.5. The van der Waals surface area contributed by atoms with Crippen LogP contribution in [0.2, 0.25) is 0 Å². The molecule has 0 saturated carbocycles. The summed E-state index contributed by atoms with van der Waals surface area (Å²) in [4.78, 5) is 30.2. The van der Waals surface area contributed by atoms with Crippen LogP contribution in [0, 0.1) is 13.8 Å². The fraction of sp³-hybridized carbons (Fsp3) is 0.316. The van der Waals surface area contributed by atoms with Crippen molar-refractivity contribution in [1.29, 1.82) is 0 Å². The summed E-state index contributed by atoms with van der Waals surface area (Å²) < 4.78 is 35.7. The molecule has 8 nitrogen and oxygen atoms in total. The van der Waals surface area contributed by atoms with Crippen LogP contribution in [-0.4, -0.2) is 50.9 Å². The first-order chi connectivity index (χ1) is 22.6. The van der Waals surface area contributed by atoms with E-state index < -0.39 is 28.5 Å². The molecule has 9 heteroatoms. The molecule has 0 spiro atoms. The maximum absolute atomic E-state index is 14.7. The van der Waals surface area contributed by atoms with E-state index in [-0.39, 0.29) is 29.5 Å². The molecule has 0 fully saturated rings. The number of anilines is 1. The normalized spacial score (nSPS) is 11.8. The van der Waals surface area contributed by atoms with Crippen LogP contribution < -0.4 is 14.4 Å². The smallest absolute Gasteiger partial charge is 0.264 e. The quantitative estimate of drug-likeness (QED) is 0.140. The second-order valence-corrected chi connectivity index (χ2v) is 13.4. The lowest BCUT2D eigenvalue weighted by Gasteiger charge is -2.34. The van der Waals surface area contributed by atoms with Gasteiger partial charge in [-0.15, -0.1) is 0 Å². The number of nitrogens with one attached hydrogen (secondary N) is 1. The van der Waals surface area contributed by atoms with Crippen molar-refractivity contribution < 1.29 is 22.7 Å². The van der Waals surface area contributed by atoms with Crippen molar-refractivity contribution >= 4 is 27.5 Å². The van der Waals surface area contributed by atoms with Crippen LogP contribution in [0.5, 0.6) is 5.75 Å². The van der Waals surface area contributed by atoms with Gasteiger partial charge in [-0.1, -0.05) is 97.8 Å². The summed E-state index contributed by atoms with van der Waals surface area (Å²) in [5.74, 6) is -0.462. The molecule has 248 valence electrons. The van der Waals surface area contributed by atoms with Crippen molar-refractivity contribution in [3.05, 3.63) is 125 Å². The Morgan fingerprint density at radius 3 is 2.17 bits per heavy atom. The third-order valence-corrected chi connectivity index (χ3v) is 9.80. The first kappa shape index (κ1) is 35.2. The van der Waals surface area contributed by atoms with Crippen LogP contribution in [0.15, 0.2) is 108 Å². The van der Waals surface area contributed by atoms with Crippen molar-refractivity contribution in [1.82, 2.24) is 10.2 Å². The fourth-order valence-corrected chi connectivity index (χ4v) is 6.75. The maximum atomic E-state index is 14.7. The lowest BCUT2D eigenvalue weighted by atomic mass is 10.0. The summed E-state index contributed by atoms with van der Waals surface area (Å²) >= 11 is 0. The number of hydrogen-bond acceptors (Lipinski definition) is 5. The minimum absolute atomic E-state index is 0.0470. The van der Waals surface area contributed by atoms with Gasteiger partial charge in [-0.3, -0.25) is 13.9 Å². The van der Waals surface area contributed by atoms with Gasteiger partial charge < -0.3 is 15.0 Å². The molecule has 1 N–H and O–H groups in total. The fourth-order valence-electron chi connectivity index (χ4n) is 5.32. The van der Waals surface area contributed by atoms with Gasteiger partial charge in [0.2, 0.25) is 11.8 Å².